The molecule has 4 rings (SSSR count). The highest BCUT2D eigenvalue weighted by atomic mass is 19.3. The second-order valence-corrected chi connectivity index (χ2v) is 7.04. The molecule has 1 aromatic carbocycles. The molecule has 2 N–H and O–H groups in total. The summed E-state index contributed by atoms with van der Waals surface area (Å²) in [6.45, 7) is 3.27. The number of likely N-dealkylation sites (tertiary alicyclic amines) is 1. The van der Waals surface area contributed by atoms with Gasteiger partial charge in [0.05, 0.1) is 6.61 Å². The zero-order valence-electron chi connectivity index (χ0n) is 13.4. The largest absolute Gasteiger partial charge is 0.586 e. The Kier molecular flexibility index (Phi) is 3.89. The van der Waals surface area contributed by atoms with E-state index in [1.165, 1.54) is 6.07 Å². The van der Waals surface area contributed by atoms with Crippen molar-refractivity contribution >= 4 is 0 Å². The summed E-state index contributed by atoms with van der Waals surface area (Å²) in [5.41, 5.74) is 0.551. The molecule has 0 radical (unpaired) electrons. The van der Waals surface area contributed by atoms with E-state index < -0.39 is 6.29 Å². The van der Waals surface area contributed by atoms with Crippen LogP contribution in [0.3, 0.4) is 0 Å². The minimum atomic E-state index is -3.59. The highest BCUT2D eigenvalue weighted by Crippen LogP contribution is 2.44. The first kappa shape index (κ1) is 16.1. The Labute approximate surface area is 139 Å². The van der Waals surface area contributed by atoms with Crippen LogP contribution in [0.5, 0.6) is 11.5 Å². The summed E-state index contributed by atoms with van der Waals surface area (Å²) in [4.78, 5) is 2.22. The number of piperidine rings is 2. The zero-order chi connectivity index (χ0) is 16.8. The van der Waals surface area contributed by atoms with Crippen molar-refractivity contribution in [1.82, 2.24) is 10.2 Å². The average Bonchev–Trinajstić information content (AvgIpc) is 2.89. The van der Waals surface area contributed by atoms with Gasteiger partial charge in [0.1, 0.15) is 0 Å². The lowest BCUT2D eigenvalue weighted by Crippen LogP contribution is -2.61. The summed E-state index contributed by atoms with van der Waals surface area (Å²) in [6.07, 6.45) is -0.606. The van der Waals surface area contributed by atoms with Gasteiger partial charge in [0.15, 0.2) is 11.5 Å². The molecule has 7 heteroatoms. The van der Waals surface area contributed by atoms with Gasteiger partial charge in [-0.05, 0) is 31.9 Å². The standard InChI is InChI=1S/C17H22F2N2O3/c18-17(19)23-13-4-1-3-12(15(13)24-17)9-21-8-5-14-16(10-21,11-22)6-2-7-20-14/h1,3-4,14,20,22H,2,5-11H2/t14-,16-/m1/s1. The number of benzene rings is 1. The zero-order valence-corrected chi connectivity index (χ0v) is 13.4. The van der Waals surface area contributed by atoms with E-state index in [1.54, 1.807) is 12.1 Å². The van der Waals surface area contributed by atoms with E-state index >= 15 is 0 Å². The summed E-state index contributed by atoms with van der Waals surface area (Å²) >= 11 is 0. The molecule has 3 aliphatic rings. The maximum atomic E-state index is 13.3. The fourth-order valence-corrected chi connectivity index (χ4v) is 4.31. The molecule has 3 heterocycles. The molecular formula is C17H22F2N2O3. The van der Waals surface area contributed by atoms with Crippen molar-refractivity contribution in [2.45, 2.75) is 38.1 Å². The molecule has 0 bridgehead atoms. The first-order valence-corrected chi connectivity index (χ1v) is 8.46. The van der Waals surface area contributed by atoms with Gasteiger partial charge < -0.3 is 19.9 Å². The van der Waals surface area contributed by atoms with Crippen molar-refractivity contribution in [2.75, 3.05) is 26.2 Å². The molecule has 0 aromatic heterocycles. The Balaban J connectivity index is 1.52. The summed E-state index contributed by atoms with van der Waals surface area (Å²) in [6, 6.07) is 5.32. The number of para-hydroxylation sites is 1. The maximum Gasteiger partial charge on any atom is 0.586 e. The Morgan fingerprint density at radius 3 is 3.04 bits per heavy atom. The van der Waals surface area contributed by atoms with Gasteiger partial charge in [-0.2, -0.15) is 0 Å². The predicted molar refractivity (Wildman–Crippen MR) is 83.1 cm³/mol. The minimum Gasteiger partial charge on any atom is -0.396 e. The molecular weight excluding hydrogens is 318 g/mol. The first-order valence-electron chi connectivity index (χ1n) is 8.46. The topological polar surface area (TPSA) is 54.0 Å². The third kappa shape index (κ3) is 2.74. The van der Waals surface area contributed by atoms with Gasteiger partial charge in [0.25, 0.3) is 0 Å². The van der Waals surface area contributed by atoms with Crippen LogP contribution in [0.15, 0.2) is 18.2 Å². The number of ether oxygens (including phenoxy) is 2. The molecule has 0 saturated carbocycles. The first-order chi connectivity index (χ1) is 11.5. The number of aliphatic hydroxyl groups excluding tert-OH is 1. The van der Waals surface area contributed by atoms with E-state index in [1.807, 2.05) is 0 Å². The van der Waals surface area contributed by atoms with Crippen molar-refractivity contribution in [1.29, 1.82) is 0 Å². The van der Waals surface area contributed by atoms with Gasteiger partial charge in [0.2, 0.25) is 0 Å². The average molecular weight is 340 g/mol. The Morgan fingerprint density at radius 1 is 1.33 bits per heavy atom. The van der Waals surface area contributed by atoms with Crippen LogP contribution in [-0.2, 0) is 6.54 Å². The van der Waals surface area contributed by atoms with Gasteiger partial charge in [-0.15, -0.1) is 8.78 Å². The van der Waals surface area contributed by atoms with E-state index in [2.05, 4.69) is 19.7 Å². The lowest BCUT2D eigenvalue weighted by molar-refractivity contribution is -0.287. The van der Waals surface area contributed by atoms with Gasteiger partial charge in [-0.25, -0.2) is 0 Å². The van der Waals surface area contributed by atoms with E-state index in [9.17, 15) is 13.9 Å². The van der Waals surface area contributed by atoms with Crippen molar-refractivity contribution in [3.8, 4) is 11.5 Å². The molecule has 2 saturated heterocycles. The number of rotatable bonds is 3. The lowest BCUT2D eigenvalue weighted by atomic mass is 9.70. The fraction of sp³-hybridized carbons (Fsp3) is 0.647. The molecule has 2 atom stereocenters. The van der Waals surface area contributed by atoms with Gasteiger partial charge in [-0.3, -0.25) is 4.90 Å². The van der Waals surface area contributed by atoms with Crippen LogP contribution in [0, 0.1) is 5.41 Å². The molecule has 1 aromatic rings. The second-order valence-electron chi connectivity index (χ2n) is 7.04. The summed E-state index contributed by atoms with van der Waals surface area (Å²) in [5, 5.41) is 13.5. The third-order valence-corrected chi connectivity index (χ3v) is 5.47. The monoisotopic (exact) mass is 340 g/mol. The second kappa shape index (κ2) is 5.82. The molecule has 132 valence electrons. The smallest absolute Gasteiger partial charge is 0.396 e. The molecule has 24 heavy (non-hydrogen) atoms. The Morgan fingerprint density at radius 2 is 2.21 bits per heavy atom. The number of halogens is 2. The Hall–Kier alpha value is -1.44. The van der Waals surface area contributed by atoms with E-state index in [-0.39, 0.29) is 23.5 Å². The number of hydrogen-bond acceptors (Lipinski definition) is 5. The predicted octanol–water partition coefficient (Wildman–Crippen LogP) is 1.94. The lowest BCUT2D eigenvalue weighted by Gasteiger charge is -2.50. The molecule has 0 amide bonds. The number of aliphatic hydroxyl groups is 1. The molecule has 2 fully saturated rings. The summed E-state index contributed by atoms with van der Waals surface area (Å²) < 4.78 is 35.9. The van der Waals surface area contributed by atoms with Crippen LogP contribution in [0.25, 0.3) is 0 Å². The van der Waals surface area contributed by atoms with E-state index in [4.69, 9.17) is 0 Å². The van der Waals surface area contributed by atoms with Gasteiger partial charge in [-0.1, -0.05) is 12.1 Å². The third-order valence-electron chi connectivity index (χ3n) is 5.47. The summed E-state index contributed by atoms with van der Waals surface area (Å²) in [7, 11) is 0. The van der Waals surface area contributed by atoms with E-state index in [0.717, 1.165) is 38.9 Å². The van der Waals surface area contributed by atoms with Gasteiger partial charge in [0, 0.05) is 36.7 Å². The molecule has 5 nitrogen and oxygen atoms in total. The highest BCUT2D eigenvalue weighted by Gasteiger charge is 2.46. The SMILES string of the molecule is OC[C@]12CCCN[C@@H]1CCN(Cc1cccc3c1OC(F)(F)O3)C2. The van der Waals surface area contributed by atoms with Crippen LogP contribution in [0.2, 0.25) is 0 Å². The van der Waals surface area contributed by atoms with Crippen LogP contribution < -0.4 is 14.8 Å². The van der Waals surface area contributed by atoms with Crippen LogP contribution in [0.4, 0.5) is 8.78 Å². The van der Waals surface area contributed by atoms with Crippen molar-refractivity contribution in [3.63, 3.8) is 0 Å². The number of fused-ring (bicyclic) bond motifs is 2. The molecule has 3 aliphatic heterocycles. The van der Waals surface area contributed by atoms with Crippen LogP contribution in [0.1, 0.15) is 24.8 Å². The van der Waals surface area contributed by atoms with Crippen LogP contribution >= 0.6 is 0 Å². The molecule has 0 aliphatic carbocycles. The maximum absolute atomic E-state index is 13.3. The molecule has 0 spiro atoms. The molecule has 0 unspecified atom stereocenters. The number of alkyl halides is 2. The quantitative estimate of drug-likeness (QED) is 0.881. The number of nitrogens with one attached hydrogen (secondary N) is 1. The van der Waals surface area contributed by atoms with E-state index in [0.29, 0.717) is 18.2 Å². The van der Waals surface area contributed by atoms with Gasteiger partial charge >= 0.3 is 6.29 Å². The van der Waals surface area contributed by atoms with Crippen LogP contribution in [-0.4, -0.2) is 48.6 Å². The highest BCUT2D eigenvalue weighted by molar-refractivity contribution is 5.48. The number of hydrogen-bond donors (Lipinski definition) is 2. The normalized spacial score (nSPS) is 31.7. The van der Waals surface area contributed by atoms with Crippen molar-refractivity contribution < 1.29 is 23.4 Å². The fourth-order valence-electron chi connectivity index (χ4n) is 4.31. The minimum absolute atomic E-state index is 0.0867. The summed E-state index contributed by atoms with van der Waals surface area (Å²) in [5.74, 6) is 0.216. The number of nitrogens with zero attached hydrogens (tertiary/aromatic N) is 1. The van der Waals surface area contributed by atoms with Crippen molar-refractivity contribution in [3.05, 3.63) is 23.8 Å². The Bertz CT molecular complexity index is 628. The van der Waals surface area contributed by atoms with Crippen molar-refractivity contribution in [2.24, 2.45) is 5.41 Å².